The maximum absolute atomic E-state index is 12.4. The second kappa shape index (κ2) is 11.2. The van der Waals surface area contributed by atoms with Gasteiger partial charge in [0.2, 0.25) is 17.6 Å². The topological polar surface area (TPSA) is 122 Å². The van der Waals surface area contributed by atoms with Crippen LogP contribution in [0.25, 0.3) is 11.4 Å². The van der Waals surface area contributed by atoms with Crippen LogP contribution >= 0.6 is 23.2 Å². The molecule has 0 bridgehead atoms. The van der Waals surface area contributed by atoms with E-state index in [1.165, 1.54) is 0 Å². The zero-order valence-corrected chi connectivity index (χ0v) is 21.4. The van der Waals surface area contributed by atoms with E-state index < -0.39 is 5.92 Å². The van der Waals surface area contributed by atoms with E-state index in [2.05, 4.69) is 31.0 Å². The summed E-state index contributed by atoms with van der Waals surface area (Å²) in [6.07, 6.45) is 8.75. The fourth-order valence-electron chi connectivity index (χ4n) is 3.71. The summed E-state index contributed by atoms with van der Waals surface area (Å²) in [6, 6.07) is 5.05. The van der Waals surface area contributed by atoms with Crippen molar-refractivity contribution in [3.63, 3.8) is 0 Å². The minimum atomic E-state index is -0.393. The fourth-order valence-corrected chi connectivity index (χ4v) is 4.23. The molecule has 11 heteroatoms. The minimum absolute atomic E-state index is 0.0603. The Morgan fingerprint density at radius 3 is 2.67 bits per heavy atom. The zero-order chi connectivity index (χ0) is 25.7. The number of allylic oxidation sites excluding steroid dienone is 3. The summed E-state index contributed by atoms with van der Waals surface area (Å²) >= 11 is 12.1. The summed E-state index contributed by atoms with van der Waals surface area (Å²) in [5, 5.41) is 19.0. The number of hydrogen-bond donors (Lipinski definition) is 2. The van der Waals surface area contributed by atoms with Crippen molar-refractivity contribution >= 4 is 35.0 Å². The number of azo groups is 1. The summed E-state index contributed by atoms with van der Waals surface area (Å²) in [5.74, 6) is 0.702. The Morgan fingerprint density at radius 2 is 1.89 bits per heavy atom. The Labute approximate surface area is 218 Å². The van der Waals surface area contributed by atoms with Crippen LogP contribution in [-0.4, -0.2) is 35.0 Å². The SMILES string of the molecule is CC(C)(CNC(=O)CCCc1nc(-c2cc(Cl)cc(Cl)c2)no1)CNC1=C2C=CC=CC2C(=O)N=N1. The molecule has 0 spiro atoms. The van der Waals surface area contributed by atoms with Gasteiger partial charge in [-0.05, 0) is 30.0 Å². The predicted octanol–water partition coefficient (Wildman–Crippen LogP) is 5.04. The van der Waals surface area contributed by atoms with Gasteiger partial charge in [0.15, 0.2) is 5.82 Å². The Bertz CT molecular complexity index is 1260. The standard InChI is InChI=1S/C25H26Cl2N6O3/c1-25(2,14-29-23-18-6-3-4-7-19(18)24(35)32-31-23)13-28-20(34)8-5-9-21-30-22(33-36-21)15-10-16(26)12-17(27)11-15/h3-4,6-7,10-12,19,29H,5,8-9,13-14H2,1-2H3,(H,28,34). The minimum Gasteiger partial charge on any atom is -0.368 e. The molecule has 1 aliphatic carbocycles. The molecule has 4 rings (SSSR count). The molecule has 188 valence electrons. The quantitative estimate of drug-likeness (QED) is 0.445. The molecule has 1 aliphatic heterocycles. The van der Waals surface area contributed by atoms with Crippen molar-refractivity contribution in [3.8, 4) is 11.4 Å². The number of aromatic nitrogens is 2. The number of nitrogens with one attached hydrogen (secondary N) is 2. The van der Waals surface area contributed by atoms with Crippen LogP contribution in [0.15, 0.2) is 68.6 Å². The van der Waals surface area contributed by atoms with E-state index in [0.29, 0.717) is 65.5 Å². The van der Waals surface area contributed by atoms with Gasteiger partial charge in [-0.15, -0.1) is 10.2 Å². The van der Waals surface area contributed by atoms with Crippen molar-refractivity contribution in [2.75, 3.05) is 13.1 Å². The Morgan fingerprint density at radius 1 is 1.11 bits per heavy atom. The van der Waals surface area contributed by atoms with E-state index in [-0.39, 0.29) is 17.2 Å². The van der Waals surface area contributed by atoms with Crippen LogP contribution in [0.4, 0.5) is 0 Å². The van der Waals surface area contributed by atoms with E-state index in [9.17, 15) is 9.59 Å². The molecule has 2 heterocycles. The highest BCUT2D eigenvalue weighted by Crippen LogP contribution is 2.28. The van der Waals surface area contributed by atoms with Crippen LogP contribution in [0, 0.1) is 11.3 Å². The first-order chi connectivity index (χ1) is 17.2. The van der Waals surface area contributed by atoms with Crippen molar-refractivity contribution in [1.29, 1.82) is 0 Å². The number of fused-ring (bicyclic) bond motifs is 1. The fraction of sp³-hybridized carbons (Fsp3) is 0.360. The molecule has 1 aromatic carbocycles. The lowest BCUT2D eigenvalue weighted by Crippen LogP contribution is -2.40. The highest BCUT2D eigenvalue weighted by molar-refractivity contribution is 6.35. The third-order valence-electron chi connectivity index (χ3n) is 5.70. The van der Waals surface area contributed by atoms with Gasteiger partial charge in [0.25, 0.3) is 5.91 Å². The second-order valence-corrected chi connectivity index (χ2v) is 10.3. The summed E-state index contributed by atoms with van der Waals surface area (Å²) in [4.78, 5) is 28.7. The molecule has 2 N–H and O–H groups in total. The van der Waals surface area contributed by atoms with Gasteiger partial charge in [-0.2, -0.15) is 4.98 Å². The van der Waals surface area contributed by atoms with Gasteiger partial charge in [-0.1, -0.05) is 66.5 Å². The van der Waals surface area contributed by atoms with Gasteiger partial charge in [-0.3, -0.25) is 9.59 Å². The molecular formula is C25H26Cl2N6O3. The number of carbonyl (C=O) groups is 2. The first kappa shape index (κ1) is 25.8. The van der Waals surface area contributed by atoms with Crippen LogP contribution in [0.5, 0.6) is 0 Å². The molecule has 2 aromatic rings. The number of carbonyl (C=O) groups excluding carboxylic acids is 2. The maximum atomic E-state index is 12.4. The van der Waals surface area contributed by atoms with E-state index in [0.717, 1.165) is 5.57 Å². The van der Waals surface area contributed by atoms with Crippen LogP contribution in [0.3, 0.4) is 0 Å². The van der Waals surface area contributed by atoms with Gasteiger partial charge >= 0.3 is 0 Å². The van der Waals surface area contributed by atoms with Crippen LogP contribution in [0.2, 0.25) is 10.0 Å². The number of amides is 2. The molecule has 0 fully saturated rings. The molecule has 0 saturated heterocycles. The average molecular weight is 529 g/mol. The summed E-state index contributed by atoms with van der Waals surface area (Å²) in [7, 11) is 0. The molecule has 0 radical (unpaired) electrons. The lowest BCUT2D eigenvalue weighted by Gasteiger charge is -2.27. The van der Waals surface area contributed by atoms with Crippen molar-refractivity contribution < 1.29 is 14.1 Å². The largest absolute Gasteiger partial charge is 0.368 e. The molecule has 0 saturated carbocycles. The monoisotopic (exact) mass is 528 g/mol. The number of rotatable bonds is 10. The molecule has 2 aliphatic rings. The number of aryl methyl sites for hydroxylation is 1. The number of hydrogen-bond acceptors (Lipinski definition) is 7. The van der Waals surface area contributed by atoms with E-state index in [1.807, 2.05) is 38.2 Å². The zero-order valence-electron chi connectivity index (χ0n) is 19.9. The molecule has 1 unspecified atom stereocenters. The number of halogens is 2. The van der Waals surface area contributed by atoms with Gasteiger partial charge < -0.3 is 15.2 Å². The highest BCUT2D eigenvalue weighted by atomic mass is 35.5. The molecular weight excluding hydrogens is 503 g/mol. The van der Waals surface area contributed by atoms with E-state index >= 15 is 0 Å². The Hall–Kier alpha value is -3.30. The lowest BCUT2D eigenvalue weighted by molar-refractivity contribution is -0.122. The van der Waals surface area contributed by atoms with Crippen LogP contribution < -0.4 is 10.6 Å². The smallest absolute Gasteiger partial charge is 0.276 e. The number of benzene rings is 1. The Kier molecular flexibility index (Phi) is 8.01. The first-order valence-electron chi connectivity index (χ1n) is 11.5. The maximum Gasteiger partial charge on any atom is 0.276 e. The first-order valence-corrected chi connectivity index (χ1v) is 12.3. The van der Waals surface area contributed by atoms with Crippen LogP contribution in [0.1, 0.15) is 32.6 Å². The average Bonchev–Trinajstić information content (AvgIpc) is 3.31. The predicted molar refractivity (Wildman–Crippen MR) is 136 cm³/mol. The number of nitrogens with zero attached hydrogens (tertiary/aromatic N) is 4. The molecule has 9 nitrogen and oxygen atoms in total. The van der Waals surface area contributed by atoms with Crippen LogP contribution in [-0.2, 0) is 16.0 Å². The third kappa shape index (κ3) is 6.67. The van der Waals surface area contributed by atoms with Crippen molar-refractivity contribution in [2.45, 2.75) is 33.1 Å². The van der Waals surface area contributed by atoms with Gasteiger partial charge in [0, 0.05) is 47.1 Å². The lowest BCUT2D eigenvalue weighted by atomic mass is 9.91. The second-order valence-electron chi connectivity index (χ2n) is 9.38. The summed E-state index contributed by atoms with van der Waals surface area (Å²) < 4.78 is 5.29. The highest BCUT2D eigenvalue weighted by Gasteiger charge is 2.28. The molecule has 1 atom stereocenters. The van der Waals surface area contributed by atoms with Gasteiger partial charge in [0.1, 0.15) is 0 Å². The molecule has 36 heavy (non-hydrogen) atoms. The normalized spacial score (nSPS) is 16.9. The molecule has 1 aromatic heterocycles. The summed E-state index contributed by atoms with van der Waals surface area (Å²) in [5.41, 5.74) is 1.21. The van der Waals surface area contributed by atoms with Crippen molar-refractivity contribution in [1.82, 2.24) is 20.8 Å². The van der Waals surface area contributed by atoms with Crippen molar-refractivity contribution in [2.24, 2.45) is 21.6 Å². The van der Waals surface area contributed by atoms with Crippen molar-refractivity contribution in [3.05, 3.63) is 69.8 Å². The van der Waals surface area contributed by atoms with E-state index in [4.69, 9.17) is 27.7 Å². The third-order valence-corrected chi connectivity index (χ3v) is 6.13. The van der Waals surface area contributed by atoms with Gasteiger partial charge in [-0.25, -0.2) is 0 Å². The van der Waals surface area contributed by atoms with Gasteiger partial charge in [0.05, 0.1) is 5.92 Å². The van der Waals surface area contributed by atoms with E-state index in [1.54, 1.807) is 18.2 Å². The Balaban J connectivity index is 1.21. The molecule has 2 amide bonds. The summed E-state index contributed by atoms with van der Waals surface area (Å²) in [6.45, 7) is 5.08.